The predicted molar refractivity (Wildman–Crippen MR) is 236 cm³/mol. The van der Waals surface area contributed by atoms with Crippen molar-refractivity contribution in [3.8, 4) is 34.8 Å². The lowest BCUT2D eigenvalue weighted by Gasteiger charge is -2.27. The Morgan fingerprint density at radius 2 is 1.41 bits per heavy atom. The van der Waals surface area contributed by atoms with Gasteiger partial charge in [0.2, 0.25) is 23.0 Å². The van der Waals surface area contributed by atoms with Gasteiger partial charge in [-0.25, -0.2) is 18.4 Å². The van der Waals surface area contributed by atoms with Crippen LogP contribution in [0.3, 0.4) is 0 Å². The molecule has 19 heteroatoms. The molecule has 1 aliphatic heterocycles. The Balaban J connectivity index is 0.000000281. The van der Waals surface area contributed by atoms with Crippen LogP contribution in [0.2, 0.25) is 5.28 Å². The average Bonchev–Trinajstić information content (AvgIpc) is 3.73. The number of halogens is 1. The molecule has 61 heavy (non-hydrogen) atoms. The van der Waals surface area contributed by atoms with E-state index in [-0.39, 0.29) is 34.6 Å². The molecule has 0 unspecified atom stereocenters. The van der Waals surface area contributed by atoms with Crippen molar-refractivity contribution < 1.29 is 37.0 Å². The molecule has 3 heterocycles. The van der Waals surface area contributed by atoms with Gasteiger partial charge in [-0.1, -0.05) is 25.3 Å². The molecule has 0 bridgehead atoms. The van der Waals surface area contributed by atoms with E-state index in [4.69, 9.17) is 30.5 Å². The number of hydrogen-bond acceptors (Lipinski definition) is 15. The van der Waals surface area contributed by atoms with Crippen LogP contribution in [0.15, 0.2) is 111 Å². The first kappa shape index (κ1) is 45.3. The number of amides is 2. The number of likely N-dealkylation sites (tertiary alicyclic amines) is 1. The van der Waals surface area contributed by atoms with Crippen molar-refractivity contribution in [3.63, 3.8) is 0 Å². The molecule has 0 aliphatic carbocycles. The largest absolute Gasteiger partial charge is 0.490 e. The highest BCUT2D eigenvalue weighted by atomic mass is 35.5. The fraction of sp³-hybridized carbons (Fsp3) is 0.238. The van der Waals surface area contributed by atoms with E-state index in [9.17, 15) is 18.0 Å². The van der Waals surface area contributed by atoms with E-state index in [2.05, 4.69) is 65.9 Å². The molecular weight excluding hydrogens is 826 g/mol. The van der Waals surface area contributed by atoms with E-state index >= 15 is 0 Å². The highest BCUT2D eigenvalue weighted by Gasteiger charge is 2.26. The third-order valence-electron chi connectivity index (χ3n) is 8.96. The Morgan fingerprint density at radius 1 is 0.852 bits per heavy atom. The highest BCUT2D eigenvalue weighted by Crippen LogP contribution is 2.33. The van der Waals surface area contributed by atoms with Crippen LogP contribution < -0.4 is 39.8 Å². The number of sulfone groups is 1. The normalized spacial score (nSPS) is 13.4. The van der Waals surface area contributed by atoms with Crippen LogP contribution in [0.4, 0.5) is 28.7 Å². The summed E-state index contributed by atoms with van der Waals surface area (Å²) in [6.07, 6.45) is 7.56. The Hall–Kier alpha value is -6.76. The third kappa shape index (κ3) is 13.9. The Labute approximate surface area is 359 Å². The lowest BCUT2D eigenvalue weighted by atomic mass is 10.2. The van der Waals surface area contributed by atoms with E-state index in [1.54, 1.807) is 48.5 Å². The van der Waals surface area contributed by atoms with Gasteiger partial charge in [0.25, 0.3) is 11.8 Å². The maximum Gasteiger partial charge on any atom is 0.267 e. The Morgan fingerprint density at radius 3 is 1.95 bits per heavy atom. The molecule has 1 atom stereocenters. The van der Waals surface area contributed by atoms with Gasteiger partial charge < -0.3 is 44.7 Å². The summed E-state index contributed by atoms with van der Waals surface area (Å²) in [4.78, 5) is 43.9. The quantitative estimate of drug-likeness (QED) is 0.0654. The number of carbonyl (C=O) groups excluding carboxylic acids is 2. The average molecular weight is 872 g/mol. The second kappa shape index (κ2) is 21.5. The summed E-state index contributed by atoms with van der Waals surface area (Å²) in [6, 6.07) is 21.9. The van der Waals surface area contributed by atoms with E-state index in [0.29, 0.717) is 52.9 Å². The van der Waals surface area contributed by atoms with Crippen LogP contribution in [0, 0.1) is 0 Å². The second-order valence-corrected chi connectivity index (χ2v) is 16.0. The maximum atomic E-state index is 11.6. The number of ether oxygens (including phenoxy) is 4. The smallest absolute Gasteiger partial charge is 0.267 e. The summed E-state index contributed by atoms with van der Waals surface area (Å²) >= 11 is 5.73. The molecule has 1 saturated heterocycles. The van der Waals surface area contributed by atoms with Crippen molar-refractivity contribution >= 4 is 62.0 Å². The lowest BCUT2D eigenvalue weighted by Crippen LogP contribution is -2.35. The van der Waals surface area contributed by atoms with Gasteiger partial charge >= 0.3 is 0 Å². The van der Waals surface area contributed by atoms with E-state index in [1.165, 1.54) is 45.0 Å². The molecule has 1 aliphatic rings. The molecule has 6 rings (SSSR count). The van der Waals surface area contributed by atoms with E-state index in [0.717, 1.165) is 30.9 Å². The standard InChI is InChI=1S/C28H34N6O5S.C14H12ClN3O3/c1-5-26(35)30-21-7-6-8-24(17-21)39-27-25(38-3)18-29-28(32-27)31-20-9-11-22(12-10-20)33(2)23-13-14-34(19-23)15-16-40(4,36)37;1-3-12(19)17-9-5-4-6-10(7-9)21-13-11(20-2)8-16-14(15)18-13/h5-12,17-18,23H,1,13-16,19H2,2-4H3,(H,30,35)(H,29,31,32);3-8H,1H2,2H3,(H,17,19)/t23-;/m0./s1. The van der Waals surface area contributed by atoms with Crippen molar-refractivity contribution in [1.82, 2.24) is 24.8 Å². The summed E-state index contributed by atoms with van der Waals surface area (Å²) in [7, 11) is 2.07. The first-order chi connectivity index (χ1) is 29.2. The first-order valence-electron chi connectivity index (χ1n) is 18.7. The van der Waals surface area contributed by atoms with Crippen molar-refractivity contribution in [2.24, 2.45) is 0 Å². The molecule has 17 nitrogen and oxygen atoms in total. The number of rotatable bonds is 17. The summed E-state index contributed by atoms with van der Waals surface area (Å²) in [5.74, 6) is 1.89. The van der Waals surface area contributed by atoms with Crippen molar-refractivity contribution in [1.29, 1.82) is 0 Å². The number of nitrogens with one attached hydrogen (secondary N) is 3. The zero-order chi connectivity index (χ0) is 43.9. The Kier molecular flexibility index (Phi) is 16.0. The van der Waals surface area contributed by atoms with Crippen molar-refractivity contribution in [2.75, 3.05) is 73.8 Å². The molecule has 1 fully saturated rings. The molecule has 3 N–H and O–H groups in total. The summed E-state index contributed by atoms with van der Waals surface area (Å²) in [5.41, 5.74) is 2.97. The van der Waals surface area contributed by atoms with Crippen molar-refractivity contribution in [3.05, 3.63) is 116 Å². The van der Waals surface area contributed by atoms with Gasteiger partial charge in [0, 0.05) is 73.9 Å². The highest BCUT2D eigenvalue weighted by molar-refractivity contribution is 7.90. The van der Waals surface area contributed by atoms with Crippen LogP contribution >= 0.6 is 11.6 Å². The molecule has 0 saturated carbocycles. The summed E-state index contributed by atoms with van der Waals surface area (Å²) < 4.78 is 45.0. The number of anilines is 5. The molecule has 5 aromatic rings. The monoisotopic (exact) mass is 871 g/mol. The summed E-state index contributed by atoms with van der Waals surface area (Å²) in [5, 5.41) is 8.56. The number of benzene rings is 3. The zero-order valence-corrected chi connectivity index (χ0v) is 35.6. The van der Waals surface area contributed by atoms with Crippen LogP contribution in [-0.4, -0.2) is 104 Å². The molecule has 3 aromatic carbocycles. The molecule has 2 amide bonds. The van der Waals surface area contributed by atoms with Crippen LogP contribution in [0.25, 0.3) is 0 Å². The fourth-order valence-electron chi connectivity index (χ4n) is 5.81. The predicted octanol–water partition coefficient (Wildman–Crippen LogP) is 6.76. The molecule has 0 spiro atoms. The minimum Gasteiger partial charge on any atom is -0.490 e. The Bertz CT molecular complexity index is 2440. The second-order valence-electron chi connectivity index (χ2n) is 13.4. The van der Waals surface area contributed by atoms with Gasteiger partial charge in [-0.2, -0.15) is 9.97 Å². The fourth-order valence-corrected chi connectivity index (χ4v) is 6.52. The third-order valence-corrected chi connectivity index (χ3v) is 10.1. The molecule has 0 radical (unpaired) electrons. The van der Waals surface area contributed by atoms with Gasteiger partial charge in [-0.05, 0) is 78.7 Å². The molecule has 320 valence electrons. The minimum atomic E-state index is -2.97. The first-order valence-corrected chi connectivity index (χ1v) is 21.1. The number of methoxy groups -OCH3 is 2. The van der Waals surface area contributed by atoms with E-state index in [1.807, 2.05) is 24.3 Å². The number of nitrogens with zero attached hydrogens (tertiary/aromatic N) is 6. The van der Waals surface area contributed by atoms with Crippen LogP contribution in [-0.2, 0) is 19.4 Å². The number of likely N-dealkylation sites (N-methyl/N-ethyl adjacent to an activating group) is 1. The van der Waals surface area contributed by atoms with Gasteiger partial charge in [0.15, 0.2) is 11.5 Å². The lowest BCUT2D eigenvalue weighted by molar-refractivity contribution is -0.112. The molecular formula is C42H46ClN9O8S. The number of carbonyl (C=O) groups is 2. The zero-order valence-electron chi connectivity index (χ0n) is 34.0. The number of hydrogen-bond donors (Lipinski definition) is 3. The topological polar surface area (TPSA) is 199 Å². The van der Waals surface area contributed by atoms with Crippen LogP contribution in [0.5, 0.6) is 34.8 Å². The van der Waals surface area contributed by atoms with Gasteiger partial charge in [-0.15, -0.1) is 0 Å². The van der Waals surface area contributed by atoms with Crippen LogP contribution in [0.1, 0.15) is 6.42 Å². The van der Waals surface area contributed by atoms with Crippen molar-refractivity contribution in [2.45, 2.75) is 12.5 Å². The van der Waals surface area contributed by atoms with Gasteiger partial charge in [0.05, 0.1) is 32.4 Å². The van der Waals surface area contributed by atoms with E-state index < -0.39 is 9.84 Å². The minimum absolute atomic E-state index is 0.0434. The summed E-state index contributed by atoms with van der Waals surface area (Å²) in [6.45, 7) is 9.13. The van der Waals surface area contributed by atoms with Gasteiger partial charge in [0.1, 0.15) is 21.3 Å². The SMILES string of the molecule is C=CC(=O)Nc1cccc(Oc2nc(Cl)ncc2OC)c1.C=CC(=O)Nc1cccc(Oc2nc(Nc3ccc(N(C)[C@H]4CCN(CCS(C)(=O)=O)C4)cc3)ncc2OC)c1. The number of aromatic nitrogens is 4. The van der Waals surface area contributed by atoms with Gasteiger partial charge in [-0.3, -0.25) is 9.59 Å². The maximum absolute atomic E-state index is 11.6. The molecule has 2 aromatic heterocycles.